The molecule has 0 amide bonds. The van der Waals surface area contributed by atoms with E-state index in [0.29, 0.717) is 12.6 Å². The summed E-state index contributed by atoms with van der Waals surface area (Å²) >= 11 is 0. The van der Waals surface area contributed by atoms with Crippen LogP contribution in [0.25, 0.3) is 0 Å². The summed E-state index contributed by atoms with van der Waals surface area (Å²) in [4.78, 5) is 4.05. The van der Waals surface area contributed by atoms with Crippen LogP contribution in [0, 0.1) is 0 Å². The van der Waals surface area contributed by atoms with Gasteiger partial charge in [0.25, 0.3) is 10.0 Å². The Morgan fingerprint density at radius 3 is 2.76 bits per heavy atom. The van der Waals surface area contributed by atoms with E-state index in [9.17, 15) is 8.42 Å². The van der Waals surface area contributed by atoms with Crippen LogP contribution in [0.5, 0.6) is 0 Å². The third-order valence-electron chi connectivity index (χ3n) is 3.26. The largest absolute Gasteiger partial charge is 0.395 e. The van der Waals surface area contributed by atoms with Crippen molar-refractivity contribution in [3.63, 3.8) is 0 Å². The minimum Gasteiger partial charge on any atom is -0.395 e. The molecule has 0 saturated heterocycles. The van der Waals surface area contributed by atoms with E-state index in [1.165, 1.54) is 25.0 Å². The fourth-order valence-electron chi connectivity index (χ4n) is 1.92. The number of hydrogen-bond donors (Lipinski definition) is 2. The van der Waals surface area contributed by atoms with Crippen LogP contribution in [-0.4, -0.2) is 48.6 Å². The smallest absolute Gasteiger partial charge is 0.260 e. The van der Waals surface area contributed by atoms with E-state index in [-0.39, 0.29) is 24.7 Å². The first-order valence-electron chi connectivity index (χ1n) is 6.98. The molecule has 0 unspecified atom stereocenters. The van der Waals surface area contributed by atoms with Crippen LogP contribution in [0.3, 0.4) is 0 Å². The zero-order chi connectivity index (χ0) is 15.3. The monoisotopic (exact) mass is 311 g/mol. The van der Waals surface area contributed by atoms with Gasteiger partial charge in [-0.1, -0.05) is 12.1 Å². The van der Waals surface area contributed by atoms with E-state index in [4.69, 9.17) is 5.11 Å². The molecule has 1 aliphatic carbocycles. The van der Waals surface area contributed by atoms with Gasteiger partial charge in [0.1, 0.15) is 0 Å². The average molecular weight is 311 g/mol. The molecule has 6 nitrogen and oxygen atoms in total. The Balaban J connectivity index is 2.08. The Bertz CT molecular complexity index is 568. The molecular weight excluding hydrogens is 290 g/mol. The summed E-state index contributed by atoms with van der Waals surface area (Å²) in [7, 11) is -3.69. The van der Waals surface area contributed by atoms with Crippen LogP contribution in [0.15, 0.2) is 36.0 Å². The van der Waals surface area contributed by atoms with Gasteiger partial charge in [-0.2, -0.15) is 4.31 Å². The maximum Gasteiger partial charge on any atom is 0.260 e. The number of nitrogens with one attached hydrogen (secondary N) is 1. The molecule has 0 atom stereocenters. The van der Waals surface area contributed by atoms with E-state index < -0.39 is 10.0 Å². The summed E-state index contributed by atoms with van der Waals surface area (Å²) in [5, 5.41) is 12.3. The molecule has 7 heteroatoms. The second-order valence-electron chi connectivity index (χ2n) is 5.04. The van der Waals surface area contributed by atoms with E-state index >= 15 is 0 Å². The maximum atomic E-state index is 12.4. The molecule has 2 N–H and O–H groups in total. The molecule has 0 bridgehead atoms. The molecule has 2 rings (SSSR count). The van der Waals surface area contributed by atoms with Crippen molar-refractivity contribution in [2.24, 2.45) is 0 Å². The van der Waals surface area contributed by atoms with Crippen LogP contribution in [0.4, 0.5) is 0 Å². The second-order valence-corrected chi connectivity index (χ2v) is 6.92. The average Bonchev–Trinajstić information content (AvgIpc) is 3.29. The van der Waals surface area contributed by atoms with Crippen LogP contribution in [0.2, 0.25) is 0 Å². The fraction of sp³-hybridized carbons (Fsp3) is 0.500. The van der Waals surface area contributed by atoms with E-state index in [1.54, 1.807) is 12.3 Å². The molecule has 0 radical (unpaired) electrons. The third-order valence-corrected chi connectivity index (χ3v) is 5.04. The number of aliphatic hydroxyl groups is 1. The molecule has 21 heavy (non-hydrogen) atoms. The van der Waals surface area contributed by atoms with Crippen molar-refractivity contribution in [2.75, 3.05) is 19.7 Å². The molecule has 1 aromatic heterocycles. The second kappa shape index (κ2) is 7.13. The van der Waals surface area contributed by atoms with Crippen molar-refractivity contribution in [1.29, 1.82) is 0 Å². The number of aromatic nitrogens is 1. The lowest BCUT2D eigenvalue weighted by atomic mass is 10.3. The molecule has 0 spiro atoms. The molecule has 116 valence electrons. The van der Waals surface area contributed by atoms with Gasteiger partial charge in [0.15, 0.2) is 5.03 Å². The number of aliphatic hydroxyl groups excluding tert-OH is 1. The highest BCUT2D eigenvalue weighted by Crippen LogP contribution is 2.19. The van der Waals surface area contributed by atoms with Gasteiger partial charge >= 0.3 is 0 Å². The predicted octanol–water partition coefficient (Wildman–Crippen LogP) is 0.503. The Morgan fingerprint density at radius 1 is 1.48 bits per heavy atom. The van der Waals surface area contributed by atoms with Crippen molar-refractivity contribution in [1.82, 2.24) is 14.6 Å². The van der Waals surface area contributed by atoms with Gasteiger partial charge < -0.3 is 10.4 Å². The van der Waals surface area contributed by atoms with Crippen LogP contribution >= 0.6 is 0 Å². The summed E-state index contributed by atoms with van der Waals surface area (Å²) in [6, 6.07) is 3.87. The van der Waals surface area contributed by atoms with Crippen molar-refractivity contribution in [3.05, 3.63) is 36.5 Å². The number of sulfonamides is 1. The molecule has 0 aromatic carbocycles. The first kappa shape index (κ1) is 16.1. The summed E-state index contributed by atoms with van der Waals surface area (Å²) in [6.07, 6.45) is 5.48. The number of hydrogen-bond acceptors (Lipinski definition) is 5. The predicted molar refractivity (Wildman–Crippen MR) is 80.1 cm³/mol. The summed E-state index contributed by atoms with van der Waals surface area (Å²) in [6.45, 7) is 4.17. The fourth-order valence-corrected chi connectivity index (χ4v) is 3.23. The van der Waals surface area contributed by atoms with Crippen LogP contribution < -0.4 is 5.32 Å². The van der Waals surface area contributed by atoms with Gasteiger partial charge in [-0.15, -0.1) is 6.58 Å². The van der Waals surface area contributed by atoms with E-state index in [2.05, 4.69) is 16.9 Å². The van der Waals surface area contributed by atoms with Crippen molar-refractivity contribution in [2.45, 2.75) is 30.5 Å². The lowest BCUT2D eigenvalue weighted by Gasteiger charge is -2.19. The standard InChI is InChI=1S/C14H21N3O3S/c1-2-7-17(8-9-18)21(19,20)14-6-3-12(11-16-14)10-15-13-4-5-13/h2-3,6,11,13,15,18H,1,4-5,7-10H2. The molecule has 1 aliphatic rings. The van der Waals surface area contributed by atoms with E-state index in [1.807, 2.05) is 0 Å². The van der Waals surface area contributed by atoms with Gasteiger partial charge in [0.05, 0.1) is 6.61 Å². The van der Waals surface area contributed by atoms with Crippen molar-refractivity contribution in [3.8, 4) is 0 Å². The van der Waals surface area contributed by atoms with Gasteiger partial charge in [0.2, 0.25) is 0 Å². The normalized spacial score (nSPS) is 15.3. The van der Waals surface area contributed by atoms with Crippen LogP contribution in [-0.2, 0) is 16.6 Å². The lowest BCUT2D eigenvalue weighted by molar-refractivity contribution is 0.260. The molecule has 1 saturated carbocycles. The molecule has 1 heterocycles. The minimum absolute atomic E-state index is 0.00651. The summed E-state index contributed by atoms with van der Waals surface area (Å²) in [5.74, 6) is 0. The topological polar surface area (TPSA) is 82.5 Å². The van der Waals surface area contributed by atoms with Gasteiger partial charge in [-0.3, -0.25) is 0 Å². The first-order chi connectivity index (χ1) is 10.1. The van der Waals surface area contributed by atoms with E-state index in [0.717, 1.165) is 9.87 Å². The minimum atomic E-state index is -3.69. The summed E-state index contributed by atoms with van der Waals surface area (Å²) in [5.41, 5.74) is 0.957. The van der Waals surface area contributed by atoms with Crippen molar-refractivity contribution < 1.29 is 13.5 Å². The number of nitrogens with zero attached hydrogens (tertiary/aromatic N) is 2. The van der Waals surface area contributed by atoms with Crippen molar-refractivity contribution >= 4 is 10.0 Å². The third kappa shape index (κ3) is 4.34. The molecular formula is C14H21N3O3S. The highest BCUT2D eigenvalue weighted by Gasteiger charge is 2.24. The van der Waals surface area contributed by atoms with Crippen LogP contribution in [0.1, 0.15) is 18.4 Å². The van der Waals surface area contributed by atoms with Gasteiger partial charge in [0, 0.05) is 31.9 Å². The molecule has 1 fully saturated rings. The number of rotatable bonds is 9. The first-order valence-corrected chi connectivity index (χ1v) is 8.42. The molecule has 0 aliphatic heterocycles. The SMILES string of the molecule is C=CCN(CCO)S(=O)(=O)c1ccc(CNC2CC2)cn1. The highest BCUT2D eigenvalue weighted by atomic mass is 32.2. The van der Waals surface area contributed by atoms with Gasteiger partial charge in [-0.05, 0) is 24.5 Å². The number of pyridine rings is 1. The lowest BCUT2D eigenvalue weighted by Crippen LogP contribution is -2.34. The zero-order valence-electron chi connectivity index (χ0n) is 11.9. The Labute approximate surface area is 125 Å². The molecule has 1 aromatic rings. The summed E-state index contributed by atoms with van der Waals surface area (Å²) < 4.78 is 25.9. The Morgan fingerprint density at radius 2 is 2.24 bits per heavy atom. The Hall–Kier alpha value is -1.28. The van der Waals surface area contributed by atoms with Gasteiger partial charge in [-0.25, -0.2) is 13.4 Å². The Kier molecular flexibility index (Phi) is 5.46. The quantitative estimate of drug-likeness (QED) is 0.649. The maximum absolute atomic E-state index is 12.4. The zero-order valence-corrected chi connectivity index (χ0v) is 12.7. The highest BCUT2D eigenvalue weighted by molar-refractivity contribution is 7.89.